The van der Waals surface area contributed by atoms with Crippen molar-refractivity contribution in [3.63, 3.8) is 0 Å². The Bertz CT molecular complexity index is 598. The molecule has 0 aliphatic rings. The molecule has 4 heteroatoms. The fourth-order valence-electron chi connectivity index (χ4n) is 1.14. The molecule has 0 aliphatic carbocycles. The maximum absolute atomic E-state index is 11.0. The van der Waals surface area contributed by atoms with E-state index >= 15 is 0 Å². The van der Waals surface area contributed by atoms with Gasteiger partial charge in [0, 0.05) is 5.56 Å². The number of hydrogen-bond acceptors (Lipinski definition) is 3. The molecule has 2 rings (SSSR count). The number of benzene rings is 1. The lowest BCUT2D eigenvalue weighted by atomic mass is 10.2. The van der Waals surface area contributed by atoms with Gasteiger partial charge in [-0.1, -0.05) is 17.3 Å². The second-order valence-corrected chi connectivity index (χ2v) is 3.63. The van der Waals surface area contributed by atoms with Gasteiger partial charge in [-0.25, -0.2) is 0 Å². The number of hydrogen-bond donors (Lipinski definition) is 1. The lowest BCUT2D eigenvalue weighted by Crippen LogP contribution is -1.89. The second kappa shape index (κ2) is 3.48. The zero-order valence-corrected chi connectivity index (χ0v) is 7.85. The summed E-state index contributed by atoms with van der Waals surface area (Å²) in [7, 11) is 0. The van der Waals surface area contributed by atoms with Gasteiger partial charge in [0.25, 0.3) is 0 Å². The standard InChI is InChI=1S/C10H5NO2S/c12-5-1-2-7-3-4-8-9(6-7)14-10(13)11-8/h3-6H,(H,11,13). The quantitative estimate of drug-likeness (QED) is 0.515. The summed E-state index contributed by atoms with van der Waals surface area (Å²) in [4.78, 5) is 23.6. The molecule has 1 aromatic carbocycles. The summed E-state index contributed by atoms with van der Waals surface area (Å²) < 4.78 is 0.854. The predicted octanol–water partition coefficient (Wildman–Crippen LogP) is 1.14. The molecule has 0 radical (unpaired) electrons. The number of thiazole rings is 1. The summed E-state index contributed by atoms with van der Waals surface area (Å²) >= 11 is 1.13. The molecule has 0 unspecified atom stereocenters. The smallest absolute Gasteiger partial charge is 0.305 e. The Morgan fingerprint density at radius 1 is 1.43 bits per heavy atom. The van der Waals surface area contributed by atoms with Crippen LogP contribution in [0.15, 0.2) is 23.0 Å². The number of carbonyl (C=O) groups excluding carboxylic acids is 1. The first-order valence-corrected chi connectivity index (χ1v) is 4.69. The first-order valence-electron chi connectivity index (χ1n) is 3.87. The van der Waals surface area contributed by atoms with Gasteiger partial charge < -0.3 is 4.98 Å². The molecule has 1 N–H and O–H groups in total. The highest BCUT2D eigenvalue weighted by Crippen LogP contribution is 2.15. The zero-order valence-electron chi connectivity index (χ0n) is 7.03. The molecule has 68 valence electrons. The lowest BCUT2D eigenvalue weighted by Gasteiger charge is -1.89. The lowest BCUT2D eigenvalue weighted by molar-refractivity contribution is -0.103. The Morgan fingerprint density at radius 2 is 2.29 bits per heavy atom. The molecule has 0 saturated heterocycles. The van der Waals surface area contributed by atoms with Crippen LogP contribution in [0.5, 0.6) is 0 Å². The normalized spacial score (nSPS) is 9.43. The molecule has 0 bridgehead atoms. The van der Waals surface area contributed by atoms with Crippen LogP contribution < -0.4 is 4.87 Å². The minimum atomic E-state index is -0.0829. The Kier molecular flexibility index (Phi) is 2.17. The van der Waals surface area contributed by atoms with Gasteiger partial charge in [0.2, 0.25) is 0 Å². The summed E-state index contributed by atoms with van der Waals surface area (Å²) in [6.07, 6.45) is 0.545. The molecule has 3 nitrogen and oxygen atoms in total. The third-order valence-corrected chi connectivity index (χ3v) is 2.54. The zero-order chi connectivity index (χ0) is 9.97. The maximum atomic E-state index is 11.0. The molecule has 0 amide bonds. The van der Waals surface area contributed by atoms with E-state index in [0.717, 1.165) is 27.1 Å². The Hall–Kier alpha value is -1.86. The number of aromatic nitrogens is 1. The highest BCUT2D eigenvalue weighted by atomic mass is 32.1. The molecular formula is C10H5NO2S. The van der Waals surface area contributed by atoms with Gasteiger partial charge in [-0.05, 0) is 24.1 Å². The van der Waals surface area contributed by atoms with Crippen LogP contribution in [0.25, 0.3) is 10.2 Å². The first kappa shape index (κ1) is 8.73. The van der Waals surface area contributed by atoms with Crippen LogP contribution in [0.4, 0.5) is 0 Å². The third kappa shape index (κ3) is 1.58. The highest BCUT2D eigenvalue weighted by molar-refractivity contribution is 7.16. The van der Waals surface area contributed by atoms with E-state index in [-0.39, 0.29) is 4.87 Å². The molecule has 1 heterocycles. The van der Waals surface area contributed by atoms with Gasteiger partial charge in [-0.15, -0.1) is 0 Å². The molecule has 0 atom stereocenters. The Labute approximate surface area is 83.4 Å². The molecule has 0 spiro atoms. The van der Waals surface area contributed by atoms with Crippen LogP contribution in [0, 0.1) is 11.8 Å². The number of aromatic amines is 1. The van der Waals surface area contributed by atoms with Crippen molar-refractivity contribution in [2.75, 3.05) is 0 Å². The fraction of sp³-hybridized carbons (Fsp3) is 0. The molecule has 14 heavy (non-hydrogen) atoms. The van der Waals surface area contributed by atoms with Gasteiger partial charge >= 0.3 is 4.87 Å². The van der Waals surface area contributed by atoms with Crippen molar-refractivity contribution in [2.24, 2.45) is 0 Å². The van der Waals surface area contributed by atoms with E-state index in [1.165, 1.54) is 0 Å². The topological polar surface area (TPSA) is 49.9 Å². The van der Waals surface area contributed by atoms with E-state index in [9.17, 15) is 9.59 Å². The van der Waals surface area contributed by atoms with E-state index in [1.807, 2.05) is 0 Å². The largest absolute Gasteiger partial charge is 0.312 e. The molecule has 2 aromatic rings. The molecule has 0 aliphatic heterocycles. The number of H-pyrrole nitrogens is 1. The van der Waals surface area contributed by atoms with Crippen molar-refractivity contribution in [1.29, 1.82) is 0 Å². The van der Waals surface area contributed by atoms with E-state index in [4.69, 9.17) is 0 Å². The summed E-state index contributed by atoms with van der Waals surface area (Å²) in [6.45, 7) is 0. The van der Waals surface area contributed by atoms with Crippen molar-refractivity contribution < 1.29 is 4.79 Å². The van der Waals surface area contributed by atoms with Crippen LogP contribution >= 0.6 is 11.3 Å². The van der Waals surface area contributed by atoms with E-state index < -0.39 is 0 Å². The average molecular weight is 203 g/mol. The maximum Gasteiger partial charge on any atom is 0.305 e. The van der Waals surface area contributed by atoms with Gasteiger partial charge in [-0.3, -0.25) is 9.59 Å². The molecule has 1 aromatic heterocycles. The van der Waals surface area contributed by atoms with Crippen molar-refractivity contribution in [3.8, 4) is 11.8 Å². The van der Waals surface area contributed by atoms with E-state index in [1.54, 1.807) is 18.2 Å². The van der Waals surface area contributed by atoms with Gasteiger partial charge in [-0.2, -0.15) is 0 Å². The number of aldehydes is 1. The summed E-state index contributed by atoms with van der Waals surface area (Å²) in [5.74, 6) is 4.99. The van der Waals surface area contributed by atoms with Gasteiger partial charge in [0.15, 0.2) is 6.29 Å². The minimum Gasteiger partial charge on any atom is -0.312 e. The van der Waals surface area contributed by atoms with E-state index in [0.29, 0.717) is 6.29 Å². The molecular weight excluding hydrogens is 198 g/mol. The molecule has 0 fully saturated rings. The Morgan fingerprint density at radius 3 is 3.07 bits per heavy atom. The Balaban J connectivity index is 2.61. The predicted molar refractivity (Wildman–Crippen MR) is 55.4 cm³/mol. The SMILES string of the molecule is O=CC#Cc1ccc2[nH]c(=O)sc2c1. The van der Waals surface area contributed by atoms with Crippen LogP contribution in [0.3, 0.4) is 0 Å². The third-order valence-electron chi connectivity index (χ3n) is 1.70. The van der Waals surface area contributed by atoms with Gasteiger partial charge in [0.05, 0.1) is 10.2 Å². The van der Waals surface area contributed by atoms with Crippen molar-refractivity contribution in [2.45, 2.75) is 0 Å². The molecule has 0 saturated carbocycles. The monoisotopic (exact) mass is 203 g/mol. The van der Waals surface area contributed by atoms with Crippen LogP contribution in [-0.4, -0.2) is 11.3 Å². The number of carbonyl (C=O) groups is 1. The van der Waals surface area contributed by atoms with Crippen molar-refractivity contribution in [1.82, 2.24) is 4.98 Å². The van der Waals surface area contributed by atoms with Crippen molar-refractivity contribution >= 4 is 27.8 Å². The van der Waals surface area contributed by atoms with E-state index in [2.05, 4.69) is 16.8 Å². The van der Waals surface area contributed by atoms with Gasteiger partial charge in [0.1, 0.15) is 0 Å². The average Bonchev–Trinajstić information content (AvgIpc) is 2.54. The summed E-state index contributed by atoms with van der Waals surface area (Å²) in [5, 5.41) is 0. The fourth-order valence-corrected chi connectivity index (χ4v) is 1.91. The van der Waals surface area contributed by atoms with Crippen LogP contribution in [0.2, 0.25) is 0 Å². The number of nitrogens with one attached hydrogen (secondary N) is 1. The van der Waals surface area contributed by atoms with Crippen molar-refractivity contribution in [3.05, 3.63) is 33.4 Å². The van der Waals surface area contributed by atoms with Crippen LogP contribution in [0.1, 0.15) is 5.56 Å². The number of fused-ring (bicyclic) bond motifs is 1. The van der Waals surface area contributed by atoms with Crippen LogP contribution in [-0.2, 0) is 4.79 Å². The summed E-state index contributed by atoms with van der Waals surface area (Å²) in [6, 6.07) is 5.33. The summed E-state index contributed by atoms with van der Waals surface area (Å²) in [5.41, 5.74) is 1.54. The number of rotatable bonds is 0. The highest BCUT2D eigenvalue weighted by Gasteiger charge is 1.98. The first-order chi connectivity index (χ1) is 6.79. The second-order valence-electron chi connectivity index (χ2n) is 2.61. The minimum absolute atomic E-state index is 0.0829.